The molecule has 1 aliphatic rings. The molecule has 3 aromatic carbocycles. The first kappa shape index (κ1) is 16.5. The highest BCUT2D eigenvalue weighted by atomic mass is 16.7. The molecular weight excluding hydrogens is 360 g/mol. The maximum absolute atomic E-state index is 11.5. The predicted octanol–water partition coefficient (Wildman–Crippen LogP) is 4.62. The van der Waals surface area contributed by atoms with Crippen LogP contribution < -0.4 is 14.2 Å². The van der Waals surface area contributed by atoms with E-state index in [1.807, 2.05) is 36.4 Å². The van der Waals surface area contributed by atoms with E-state index in [2.05, 4.69) is 0 Å². The Kier molecular flexibility index (Phi) is 3.65. The Morgan fingerprint density at radius 1 is 1.04 bits per heavy atom. The van der Waals surface area contributed by atoms with Gasteiger partial charge in [-0.2, -0.15) is 0 Å². The highest BCUT2D eigenvalue weighted by molar-refractivity contribution is 5.95. The standard InChI is InChI=1S/C22H16O6/c1-25-15-5-4-12-6-14(3-2-13(12)7-15)22-17(9-21(23)24)16-8-19-20(27-11-26-19)10-18(16)28-22/h2-8,10H,9,11H2,1H3,(H,23,24). The van der Waals surface area contributed by atoms with Gasteiger partial charge in [-0.05, 0) is 35.0 Å². The van der Waals surface area contributed by atoms with Crippen LogP contribution in [0.4, 0.5) is 0 Å². The molecule has 0 saturated heterocycles. The van der Waals surface area contributed by atoms with E-state index in [-0.39, 0.29) is 13.2 Å². The molecule has 0 radical (unpaired) electrons. The fourth-order valence-electron chi connectivity index (χ4n) is 3.59. The number of hydrogen-bond acceptors (Lipinski definition) is 5. The Hall–Kier alpha value is -3.67. The van der Waals surface area contributed by atoms with E-state index in [1.54, 1.807) is 19.2 Å². The van der Waals surface area contributed by atoms with Crippen molar-refractivity contribution < 1.29 is 28.5 Å². The van der Waals surface area contributed by atoms with Crippen LogP contribution in [0.5, 0.6) is 17.2 Å². The summed E-state index contributed by atoms with van der Waals surface area (Å²) < 4.78 is 22.2. The fraction of sp³-hybridized carbons (Fsp3) is 0.136. The fourth-order valence-corrected chi connectivity index (χ4v) is 3.59. The van der Waals surface area contributed by atoms with Crippen molar-refractivity contribution in [3.05, 3.63) is 54.1 Å². The molecule has 1 aliphatic heterocycles. The SMILES string of the molecule is COc1ccc2cc(-c3oc4cc5c(cc4c3CC(=O)O)OCO5)ccc2c1. The molecule has 0 unspecified atom stereocenters. The van der Waals surface area contributed by atoms with Crippen LogP contribution in [0.3, 0.4) is 0 Å². The average molecular weight is 376 g/mol. The van der Waals surface area contributed by atoms with Gasteiger partial charge in [0.25, 0.3) is 0 Å². The molecule has 0 atom stereocenters. The van der Waals surface area contributed by atoms with Crippen molar-refractivity contribution in [1.29, 1.82) is 0 Å². The van der Waals surface area contributed by atoms with Crippen LogP contribution in [-0.4, -0.2) is 25.0 Å². The number of rotatable bonds is 4. The molecular formula is C22H16O6. The zero-order valence-corrected chi connectivity index (χ0v) is 15.0. The average Bonchev–Trinajstić information content (AvgIpc) is 3.29. The Labute approximate surface area is 159 Å². The van der Waals surface area contributed by atoms with Crippen LogP contribution in [-0.2, 0) is 11.2 Å². The molecule has 0 amide bonds. The third-order valence-electron chi connectivity index (χ3n) is 4.92. The monoisotopic (exact) mass is 376 g/mol. The number of hydrogen-bond donors (Lipinski definition) is 1. The van der Waals surface area contributed by atoms with E-state index >= 15 is 0 Å². The molecule has 4 aromatic rings. The Bertz CT molecular complexity index is 1240. The van der Waals surface area contributed by atoms with E-state index in [9.17, 15) is 9.90 Å². The summed E-state index contributed by atoms with van der Waals surface area (Å²) in [6.07, 6.45) is -0.150. The highest BCUT2D eigenvalue weighted by Crippen LogP contribution is 2.42. The molecule has 1 N–H and O–H groups in total. The number of methoxy groups -OCH3 is 1. The Morgan fingerprint density at radius 3 is 2.57 bits per heavy atom. The van der Waals surface area contributed by atoms with Crippen LogP contribution in [0, 0.1) is 0 Å². The summed E-state index contributed by atoms with van der Waals surface area (Å²) in [4.78, 5) is 11.5. The zero-order chi connectivity index (χ0) is 19.3. The summed E-state index contributed by atoms with van der Waals surface area (Å²) in [5, 5.41) is 12.2. The largest absolute Gasteiger partial charge is 0.497 e. The molecule has 2 heterocycles. The number of furan rings is 1. The Balaban J connectivity index is 1.71. The predicted molar refractivity (Wildman–Crippen MR) is 103 cm³/mol. The minimum atomic E-state index is -0.924. The lowest BCUT2D eigenvalue weighted by Crippen LogP contribution is -2.00. The molecule has 6 nitrogen and oxygen atoms in total. The van der Waals surface area contributed by atoms with E-state index < -0.39 is 5.97 Å². The van der Waals surface area contributed by atoms with Gasteiger partial charge in [-0.1, -0.05) is 18.2 Å². The van der Waals surface area contributed by atoms with E-state index in [0.717, 1.165) is 27.5 Å². The number of carbonyl (C=O) groups is 1. The molecule has 0 spiro atoms. The number of fused-ring (bicyclic) bond motifs is 3. The van der Waals surface area contributed by atoms with Gasteiger partial charge in [-0.15, -0.1) is 0 Å². The van der Waals surface area contributed by atoms with E-state index in [4.69, 9.17) is 18.6 Å². The summed E-state index contributed by atoms with van der Waals surface area (Å²) in [6.45, 7) is 0.150. The van der Waals surface area contributed by atoms with Gasteiger partial charge in [-0.25, -0.2) is 0 Å². The minimum absolute atomic E-state index is 0.150. The summed E-state index contributed by atoms with van der Waals surface area (Å²) in [6, 6.07) is 15.2. The number of carboxylic acid groups (broad SMARTS) is 1. The first-order valence-corrected chi connectivity index (χ1v) is 8.77. The summed E-state index contributed by atoms with van der Waals surface area (Å²) >= 11 is 0. The smallest absolute Gasteiger partial charge is 0.307 e. The van der Waals surface area contributed by atoms with Gasteiger partial charge in [0, 0.05) is 22.6 Å². The van der Waals surface area contributed by atoms with Crippen molar-refractivity contribution in [2.75, 3.05) is 13.9 Å². The van der Waals surface area contributed by atoms with Gasteiger partial charge < -0.3 is 23.7 Å². The van der Waals surface area contributed by atoms with Crippen LogP contribution in [0.1, 0.15) is 5.56 Å². The molecule has 5 rings (SSSR count). The minimum Gasteiger partial charge on any atom is -0.497 e. The van der Waals surface area contributed by atoms with E-state index in [0.29, 0.717) is 28.4 Å². The first-order valence-electron chi connectivity index (χ1n) is 8.77. The maximum atomic E-state index is 11.5. The van der Waals surface area contributed by atoms with Crippen molar-refractivity contribution >= 4 is 27.7 Å². The highest BCUT2D eigenvalue weighted by Gasteiger charge is 2.23. The maximum Gasteiger partial charge on any atom is 0.307 e. The van der Waals surface area contributed by atoms with Crippen LogP contribution in [0.15, 0.2) is 52.9 Å². The van der Waals surface area contributed by atoms with Gasteiger partial charge in [0.05, 0.1) is 13.5 Å². The topological polar surface area (TPSA) is 78.1 Å². The molecule has 140 valence electrons. The van der Waals surface area contributed by atoms with Gasteiger partial charge >= 0.3 is 5.97 Å². The van der Waals surface area contributed by atoms with Crippen LogP contribution >= 0.6 is 0 Å². The number of benzene rings is 3. The number of carboxylic acids is 1. The quantitative estimate of drug-likeness (QED) is 0.560. The molecule has 28 heavy (non-hydrogen) atoms. The van der Waals surface area contributed by atoms with Gasteiger partial charge in [-0.3, -0.25) is 4.79 Å². The lowest BCUT2D eigenvalue weighted by atomic mass is 10.00. The van der Waals surface area contributed by atoms with Crippen LogP contribution in [0.25, 0.3) is 33.1 Å². The second-order valence-corrected chi connectivity index (χ2v) is 6.61. The van der Waals surface area contributed by atoms with Gasteiger partial charge in [0.2, 0.25) is 6.79 Å². The molecule has 6 heteroatoms. The molecule has 0 bridgehead atoms. The normalized spacial score (nSPS) is 12.6. The molecule has 0 saturated carbocycles. The Morgan fingerprint density at radius 2 is 1.79 bits per heavy atom. The van der Waals surface area contributed by atoms with Crippen molar-refractivity contribution in [2.45, 2.75) is 6.42 Å². The summed E-state index contributed by atoms with van der Waals surface area (Å²) in [7, 11) is 1.63. The first-order chi connectivity index (χ1) is 13.6. The second-order valence-electron chi connectivity index (χ2n) is 6.61. The number of aliphatic carboxylic acids is 1. The van der Waals surface area contributed by atoms with Gasteiger partial charge in [0.1, 0.15) is 17.1 Å². The second kappa shape index (κ2) is 6.20. The molecule has 1 aromatic heterocycles. The molecule has 0 fully saturated rings. The van der Waals surface area contributed by atoms with E-state index in [1.165, 1.54) is 0 Å². The van der Waals surface area contributed by atoms with Crippen LogP contribution in [0.2, 0.25) is 0 Å². The van der Waals surface area contributed by atoms with Gasteiger partial charge in [0.15, 0.2) is 11.5 Å². The molecule has 0 aliphatic carbocycles. The van der Waals surface area contributed by atoms with Crippen molar-refractivity contribution in [1.82, 2.24) is 0 Å². The third kappa shape index (κ3) is 2.62. The number of ether oxygens (including phenoxy) is 3. The zero-order valence-electron chi connectivity index (χ0n) is 15.0. The lowest BCUT2D eigenvalue weighted by molar-refractivity contribution is -0.136. The lowest BCUT2D eigenvalue weighted by Gasteiger charge is -2.06. The summed E-state index contributed by atoms with van der Waals surface area (Å²) in [5.74, 6) is 1.59. The third-order valence-corrected chi connectivity index (χ3v) is 4.92. The van der Waals surface area contributed by atoms with Crippen molar-refractivity contribution in [3.8, 4) is 28.6 Å². The van der Waals surface area contributed by atoms with Crippen molar-refractivity contribution in [3.63, 3.8) is 0 Å². The van der Waals surface area contributed by atoms with Crippen molar-refractivity contribution in [2.24, 2.45) is 0 Å². The summed E-state index contributed by atoms with van der Waals surface area (Å²) in [5.41, 5.74) is 2.01.